The first-order valence-corrected chi connectivity index (χ1v) is 5.53. The minimum atomic E-state index is -0.587. The number of amides is 1. The molecule has 0 unspecified atom stereocenters. The number of carbonyl (C=O) groups is 1. The second-order valence-corrected chi connectivity index (χ2v) is 3.72. The number of anilines is 1. The molecule has 94 valence electrons. The van der Waals surface area contributed by atoms with E-state index < -0.39 is 6.10 Å². The smallest absolute Gasteiger partial charge is 0.255 e. The summed E-state index contributed by atoms with van der Waals surface area (Å²) in [6.07, 6.45) is -0.587. The summed E-state index contributed by atoms with van der Waals surface area (Å²) in [5, 5.41) is 11.7. The Balaban J connectivity index is 2.88. The third-order valence-corrected chi connectivity index (χ3v) is 2.14. The summed E-state index contributed by atoms with van der Waals surface area (Å²) < 4.78 is 5.35. The second kappa shape index (κ2) is 6.10. The molecule has 17 heavy (non-hydrogen) atoms. The number of nitrogen functional groups attached to an aromatic ring is 1. The van der Waals surface area contributed by atoms with E-state index in [0.717, 1.165) is 0 Å². The Kier molecular flexibility index (Phi) is 4.78. The van der Waals surface area contributed by atoms with Crippen LogP contribution in [0, 0.1) is 0 Å². The zero-order valence-electron chi connectivity index (χ0n) is 10.1. The molecule has 0 aromatic heterocycles. The lowest BCUT2D eigenvalue weighted by atomic mass is 10.1. The van der Waals surface area contributed by atoms with E-state index in [1.165, 1.54) is 0 Å². The number of benzene rings is 1. The van der Waals surface area contributed by atoms with Gasteiger partial charge in [-0.1, -0.05) is 6.07 Å². The molecule has 4 N–H and O–H groups in total. The normalized spacial score (nSPS) is 11.9. The molecule has 0 saturated heterocycles. The minimum Gasteiger partial charge on any atom is -0.491 e. The van der Waals surface area contributed by atoms with Crippen molar-refractivity contribution in [3.05, 3.63) is 23.8 Å². The Bertz CT molecular complexity index is 391. The maximum Gasteiger partial charge on any atom is 0.255 e. The molecule has 5 heteroatoms. The second-order valence-electron chi connectivity index (χ2n) is 3.72. The highest BCUT2D eigenvalue weighted by Crippen LogP contribution is 2.26. The lowest BCUT2D eigenvalue weighted by Crippen LogP contribution is -2.30. The van der Waals surface area contributed by atoms with Gasteiger partial charge in [0.15, 0.2) is 5.75 Å². The molecular weight excluding hydrogens is 220 g/mol. The van der Waals surface area contributed by atoms with Crippen molar-refractivity contribution in [2.24, 2.45) is 0 Å². The fourth-order valence-electron chi connectivity index (χ4n) is 1.37. The average molecular weight is 238 g/mol. The number of carbonyl (C=O) groups excluding carboxylic acids is 1. The van der Waals surface area contributed by atoms with Crippen molar-refractivity contribution < 1.29 is 14.6 Å². The highest BCUT2D eigenvalue weighted by atomic mass is 16.5. The Morgan fingerprint density at radius 1 is 1.59 bits per heavy atom. The molecule has 0 aliphatic rings. The Labute approximate surface area is 101 Å². The van der Waals surface area contributed by atoms with E-state index >= 15 is 0 Å². The molecule has 0 aliphatic heterocycles. The molecule has 0 radical (unpaired) electrons. The van der Waals surface area contributed by atoms with E-state index in [9.17, 15) is 4.79 Å². The number of aliphatic hydroxyl groups is 1. The molecule has 5 nitrogen and oxygen atoms in total. The van der Waals surface area contributed by atoms with Gasteiger partial charge in [0, 0.05) is 6.54 Å². The summed E-state index contributed by atoms with van der Waals surface area (Å²) in [6, 6.07) is 5.00. The Morgan fingerprint density at radius 3 is 2.88 bits per heavy atom. The topological polar surface area (TPSA) is 84.6 Å². The highest BCUT2D eigenvalue weighted by molar-refractivity contribution is 5.98. The van der Waals surface area contributed by atoms with Gasteiger partial charge in [0.1, 0.15) is 0 Å². The molecule has 1 amide bonds. The van der Waals surface area contributed by atoms with Gasteiger partial charge in [0.2, 0.25) is 0 Å². The summed E-state index contributed by atoms with van der Waals surface area (Å²) in [7, 11) is 0. The van der Waals surface area contributed by atoms with Crippen molar-refractivity contribution in [1.82, 2.24) is 5.32 Å². The van der Waals surface area contributed by atoms with Crippen LogP contribution in [-0.4, -0.2) is 30.3 Å². The summed E-state index contributed by atoms with van der Waals surface area (Å²) in [4.78, 5) is 11.8. The SMILES string of the molecule is CCOc1c(N)cccc1C(=O)NC[C@H](C)O. The molecule has 0 heterocycles. The fraction of sp³-hybridized carbons (Fsp3) is 0.417. The van der Waals surface area contributed by atoms with Crippen LogP contribution in [0.15, 0.2) is 18.2 Å². The van der Waals surface area contributed by atoms with Crippen LogP contribution in [0.4, 0.5) is 5.69 Å². The van der Waals surface area contributed by atoms with E-state index in [-0.39, 0.29) is 12.5 Å². The summed E-state index contributed by atoms with van der Waals surface area (Å²) in [6.45, 7) is 4.05. The monoisotopic (exact) mass is 238 g/mol. The molecule has 0 bridgehead atoms. The highest BCUT2D eigenvalue weighted by Gasteiger charge is 2.14. The summed E-state index contributed by atoms with van der Waals surface area (Å²) >= 11 is 0. The van der Waals surface area contributed by atoms with E-state index in [0.29, 0.717) is 23.6 Å². The lowest BCUT2D eigenvalue weighted by Gasteiger charge is -2.13. The molecule has 0 spiro atoms. The van der Waals surface area contributed by atoms with Gasteiger partial charge in [-0.3, -0.25) is 4.79 Å². The third kappa shape index (κ3) is 3.64. The largest absolute Gasteiger partial charge is 0.491 e. The van der Waals surface area contributed by atoms with Crippen molar-refractivity contribution in [3.8, 4) is 5.75 Å². The van der Waals surface area contributed by atoms with Gasteiger partial charge in [-0.15, -0.1) is 0 Å². The lowest BCUT2D eigenvalue weighted by molar-refractivity contribution is 0.0920. The van der Waals surface area contributed by atoms with Crippen LogP contribution in [-0.2, 0) is 0 Å². The van der Waals surface area contributed by atoms with Crippen LogP contribution in [0.2, 0.25) is 0 Å². The number of hydrogen-bond donors (Lipinski definition) is 3. The van der Waals surface area contributed by atoms with Crippen LogP contribution in [0.1, 0.15) is 24.2 Å². The van der Waals surface area contributed by atoms with Gasteiger partial charge >= 0.3 is 0 Å². The number of hydrogen-bond acceptors (Lipinski definition) is 4. The molecule has 1 aromatic rings. The van der Waals surface area contributed by atoms with E-state index in [2.05, 4.69) is 5.32 Å². The summed E-state index contributed by atoms with van der Waals surface area (Å²) in [5.74, 6) is 0.0831. The zero-order valence-corrected chi connectivity index (χ0v) is 10.1. The van der Waals surface area contributed by atoms with Crippen LogP contribution >= 0.6 is 0 Å². The first-order chi connectivity index (χ1) is 8.06. The maximum atomic E-state index is 11.8. The average Bonchev–Trinajstić information content (AvgIpc) is 2.29. The minimum absolute atomic E-state index is 0.194. The third-order valence-electron chi connectivity index (χ3n) is 2.14. The van der Waals surface area contributed by atoms with Gasteiger partial charge < -0.3 is 20.9 Å². The number of aliphatic hydroxyl groups excluding tert-OH is 1. The van der Waals surface area contributed by atoms with Crippen LogP contribution in [0.5, 0.6) is 5.75 Å². The van der Waals surface area contributed by atoms with Crippen molar-refractivity contribution in [2.45, 2.75) is 20.0 Å². The van der Waals surface area contributed by atoms with Crippen molar-refractivity contribution in [3.63, 3.8) is 0 Å². The molecule has 1 aromatic carbocycles. The number of ether oxygens (including phenoxy) is 1. The standard InChI is InChI=1S/C12H18N2O3/c1-3-17-11-9(5-4-6-10(11)13)12(16)14-7-8(2)15/h4-6,8,15H,3,7,13H2,1-2H3,(H,14,16)/t8-/m0/s1. The zero-order chi connectivity index (χ0) is 12.8. The Morgan fingerprint density at radius 2 is 2.29 bits per heavy atom. The molecule has 0 aliphatic carbocycles. The van der Waals surface area contributed by atoms with Gasteiger partial charge in [0.05, 0.1) is 24.0 Å². The summed E-state index contributed by atoms with van der Waals surface area (Å²) in [5.41, 5.74) is 6.56. The van der Waals surface area contributed by atoms with Crippen LogP contribution in [0.3, 0.4) is 0 Å². The quantitative estimate of drug-likeness (QED) is 0.662. The van der Waals surface area contributed by atoms with E-state index in [4.69, 9.17) is 15.6 Å². The maximum absolute atomic E-state index is 11.8. The number of para-hydroxylation sites is 1. The first-order valence-electron chi connectivity index (χ1n) is 5.53. The van der Waals surface area contributed by atoms with Crippen LogP contribution in [0.25, 0.3) is 0 Å². The predicted octanol–water partition coefficient (Wildman–Crippen LogP) is 0.778. The van der Waals surface area contributed by atoms with Gasteiger partial charge in [-0.05, 0) is 26.0 Å². The first kappa shape index (κ1) is 13.3. The van der Waals surface area contributed by atoms with Crippen molar-refractivity contribution >= 4 is 11.6 Å². The molecule has 1 rings (SSSR count). The Hall–Kier alpha value is -1.75. The van der Waals surface area contributed by atoms with E-state index in [1.54, 1.807) is 25.1 Å². The van der Waals surface area contributed by atoms with E-state index in [1.807, 2.05) is 6.92 Å². The van der Waals surface area contributed by atoms with Crippen molar-refractivity contribution in [2.75, 3.05) is 18.9 Å². The number of nitrogens with two attached hydrogens (primary N) is 1. The van der Waals surface area contributed by atoms with Crippen LogP contribution < -0.4 is 15.8 Å². The van der Waals surface area contributed by atoms with Gasteiger partial charge in [-0.2, -0.15) is 0 Å². The number of nitrogens with one attached hydrogen (secondary N) is 1. The number of rotatable bonds is 5. The molecule has 0 fully saturated rings. The van der Waals surface area contributed by atoms with Crippen molar-refractivity contribution in [1.29, 1.82) is 0 Å². The van der Waals surface area contributed by atoms with Gasteiger partial charge in [0.25, 0.3) is 5.91 Å². The predicted molar refractivity (Wildman–Crippen MR) is 66.0 cm³/mol. The fourth-order valence-corrected chi connectivity index (χ4v) is 1.37. The van der Waals surface area contributed by atoms with Gasteiger partial charge in [-0.25, -0.2) is 0 Å². The molecule has 1 atom stereocenters. The molecular formula is C12H18N2O3. The molecule has 0 saturated carbocycles.